The van der Waals surface area contributed by atoms with E-state index in [1.54, 1.807) is 0 Å². The van der Waals surface area contributed by atoms with Crippen molar-refractivity contribution in [3.63, 3.8) is 0 Å². The minimum atomic E-state index is -0.213. The van der Waals surface area contributed by atoms with Crippen molar-refractivity contribution in [2.24, 2.45) is 5.92 Å². The van der Waals surface area contributed by atoms with Crippen LogP contribution >= 0.6 is 11.8 Å². The van der Waals surface area contributed by atoms with Gasteiger partial charge in [-0.1, -0.05) is 27.7 Å². The zero-order valence-electron chi connectivity index (χ0n) is 10.1. The molecule has 3 unspecified atom stereocenters. The second-order valence-corrected chi connectivity index (χ2v) is 5.60. The Labute approximate surface area is 92.9 Å². The third kappa shape index (κ3) is 5.89. The van der Waals surface area contributed by atoms with Gasteiger partial charge in [0.1, 0.15) is 0 Å². The smallest absolute Gasteiger partial charge is 0.0628 e. The number of rotatable bonds is 7. The second-order valence-electron chi connectivity index (χ2n) is 4.19. The molecule has 0 aliphatic heterocycles. The fourth-order valence-corrected chi connectivity index (χ4v) is 2.44. The van der Waals surface area contributed by atoms with Crippen molar-refractivity contribution in [2.75, 3.05) is 12.3 Å². The maximum atomic E-state index is 9.36. The Balaban J connectivity index is 3.81. The van der Waals surface area contributed by atoms with Crippen molar-refractivity contribution in [3.05, 3.63) is 0 Å². The molecule has 86 valence electrons. The van der Waals surface area contributed by atoms with Crippen molar-refractivity contribution in [2.45, 2.75) is 52.0 Å². The molecule has 0 aromatic carbocycles. The highest BCUT2D eigenvalue weighted by Crippen LogP contribution is 2.17. The van der Waals surface area contributed by atoms with Gasteiger partial charge in [0.15, 0.2) is 0 Å². The highest BCUT2D eigenvalue weighted by atomic mass is 32.2. The van der Waals surface area contributed by atoms with Gasteiger partial charge >= 0.3 is 0 Å². The van der Waals surface area contributed by atoms with Crippen molar-refractivity contribution in [1.82, 2.24) is 5.32 Å². The number of hydrogen-bond donors (Lipinski definition) is 2. The molecule has 0 spiro atoms. The number of hydrogen-bond acceptors (Lipinski definition) is 3. The van der Waals surface area contributed by atoms with Gasteiger partial charge < -0.3 is 10.4 Å². The zero-order valence-corrected chi connectivity index (χ0v) is 10.9. The lowest BCUT2D eigenvalue weighted by Gasteiger charge is -2.23. The summed E-state index contributed by atoms with van der Waals surface area (Å²) in [5.74, 6) is 1.74. The average Bonchev–Trinajstić information content (AvgIpc) is 2.10. The Bertz CT molecular complexity index is 139. The van der Waals surface area contributed by atoms with Crippen LogP contribution in [0.5, 0.6) is 0 Å². The van der Waals surface area contributed by atoms with E-state index >= 15 is 0 Å². The maximum Gasteiger partial charge on any atom is 0.0628 e. The predicted molar refractivity (Wildman–Crippen MR) is 65.9 cm³/mol. The molecule has 0 saturated heterocycles. The summed E-state index contributed by atoms with van der Waals surface area (Å²) in [5.41, 5.74) is 0. The normalized spacial score (nSPS) is 18.2. The lowest BCUT2D eigenvalue weighted by atomic mass is 10.1. The highest BCUT2D eigenvalue weighted by molar-refractivity contribution is 7.99. The van der Waals surface area contributed by atoms with E-state index in [9.17, 15) is 5.11 Å². The largest absolute Gasteiger partial charge is 0.392 e. The molecule has 0 aliphatic rings. The molecule has 3 heteroatoms. The van der Waals surface area contributed by atoms with Gasteiger partial charge in [-0.15, -0.1) is 0 Å². The Morgan fingerprint density at radius 1 is 1.21 bits per heavy atom. The van der Waals surface area contributed by atoms with E-state index in [2.05, 4.69) is 33.0 Å². The van der Waals surface area contributed by atoms with Gasteiger partial charge in [0.2, 0.25) is 0 Å². The zero-order chi connectivity index (χ0) is 11.1. The Morgan fingerprint density at radius 3 is 2.14 bits per heavy atom. The molecular formula is C11H25NOS. The molecule has 0 fully saturated rings. The van der Waals surface area contributed by atoms with E-state index in [1.807, 2.05) is 18.7 Å². The highest BCUT2D eigenvalue weighted by Gasteiger charge is 2.15. The molecule has 0 aliphatic carbocycles. The van der Waals surface area contributed by atoms with Crippen molar-refractivity contribution in [1.29, 1.82) is 0 Å². The first kappa shape index (κ1) is 14.3. The number of aliphatic hydroxyl groups is 1. The van der Waals surface area contributed by atoms with E-state index in [4.69, 9.17) is 0 Å². The number of nitrogens with one attached hydrogen (secondary N) is 1. The van der Waals surface area contributed by atoms with Crippen LogP contribution in [0, 0.1) is 5.92 Å². The van der Waals surface area contributed by atoms with E-state index < -0.39 is 0 Å². The number of aliphatic hydroxyl groups excluding tert-OH is 1. The minimum absolute atomic E-state index is 0.213. The maximum absolute atomic E-state index is 9.36. The van der Waals surface area contributed by atoms with E-state index in [0.717, 1.165) is 12.3 Å². The molecule has 0 rings (SSSR count). The van der Waals surface area contributed by atoms with E-state index in [-0.39, 0.29) is 6.10 Å². The van der Waals surface area contributed by atoms with Gasteiger partial charge in [-0.05, 0) is 19.4 Å². The molecule has 0 amide bonds. The third-order valence-corrected chi connectivity index (χ3v) is 3.96. The average molecular weight is 219 g/mol. The quantitative estimate of drug-likeness (QED) is 0.688. The lowest BCUT2D eigenvalue weighted by molar-refractivity contribution is 0.196. The summed E-state index contributed by atoms with van der Waals surface area (Å²) in [4.78, 5) is 0. The van der Waals surface area contributed by atoms with Crippen LogP contribution in [0.2, 0.25) is 0 Å². The first-order valence-corrected chi connectivity index (χ1v) is 6.56. The fraction of sp³-hybridized carbons (Fsp3) is 1.00. The molecule has 0 saturated carbocycles. The van der Waals surface area contributed by atoms with Crippen molar-refractivity contribution in [3.8, 4) is 0 Å². The topological polar surface area (TPSA) is 32.3 Å². The molecule has 2 nitrogen and oxygen atoms in total. The molecule has 0 aromatic rings. The second kappa shape index (κ2) is 7.55. The Hall–Kier alpha value is 0.270. The van der Waals surface area contributed by atoms with Crippen molar-refractivity contribution >= 4 is 11.8 Å². The molecule has 0 radical (unpaired) electrons. The Morgan fingerprint density at radius 2 is 1.79 bits per heavy atom. The minimum Gasteiger partial charge on any atom is -0.392 e. The van der Waals surface area contributed by atoms with E-state index in [0.29, 0.717) is 17.2 Å². The molecule has 0 aromatic heterocycles. The van der Waals surface area contributed by atoms with Crippen LogP contribution in [0.15, 0.2) is 0 Å². The summed E-state index contributed by atoms with van der Waals surface area (Å²) in [7, 11) is 0. The van der Waals surface area contributed by atoms with E-state index in [1.165, 1.54) is 0 Å². The predicted octanol–water partition coefficient (Wildman–Crippen LogP) is 2.12. The standard InChI is InChI=1S/C11H25NOS/c1-6-12-11(8(2)3)7-14-10(5)9(4)13/h8-13H,6-7H2,1-5H3. The monoisotopic (exact) mass is 219 g/mol. The van der Waals surface area contributed by atoms with Crippen LogP contribution < -0.4 is 5.32 Å². The van der Waals surface area contributed by atoms with Crippen LogP contribution in [-0.4, -0.2) is 34.8 Å². The summed E-state index contributed by atoms with van der Waals surface area (Å²) in [5, 5.41) is 13.2. The molecule has 2 N–H and O–H groups in total. The molecule has 14 heavy (non-hydrogen) atoms. The summed E-state index contributed by atoms with van der Waals surface area (Å²) >= 11 is 1.85. The molecule has 0 bridgehead atoms. The fourth-order valence-electron chi connectivity index (χ4n) is 1.14. The SMILES string of the molecule is CCNC(CSC(C)C(C)O)C(C)C. The summed E-state index contributed by atoms with van der Waals surface area (Å²) in [6.07, 6.45) is -0.213. The summed E-state index contributed by atoms with van der Waals surface area (Å²) in [6.45, 7) is 11.6. The van der Waals surface area contributed by atoms with Gasteiger partial charge in [-0.25, -0.2) is 0 Å². The lowest BCUT2D eigenvalue weighted by Crippen LogP contribution is -2.36. The first-order chi connectivity index (χ1) is 6.49. The van der Waals surface area contributed by atoms with Gasteiger partial charge in [-0.3, -0.25) is 0 Å². The van der Waals surface area contributed by atoms with Crippen LogP contribution in [0.25, 0.3) is 0 Å². The number of thioether (sulfide) groups is 1. The van der Waals surface area contributed by atoms with Crippen LogP contribution in [-0.2, 0) is 0 Å². The molecule has 0 heterocycles. The van der Waals surface area contributed by atoms with Gasteiger partial charge in [-0.2, -0.15) is 11.8 Å². The summed E-state index contributed by atoms with van der Waals surface area (Å²) in [6, 6.07) is 0.561. The van der Waals surface area contributed by atoms with Gasteiger partial charge in [0.25, 0.3) is 0 Å². The van der Waals surface area contributed by atoms with Crippen LogP contribution in [0.3, 0.4) is 0 Å². The molecule has 3 atom stereocenters. The third-order valence-electron chi connectivity index (χ3n) is 2.49. The first-order valence-electron chi connectivity index (χ1n) is 5.52. The van der Waals surface area contributed by atoms with Crippen LogP contribution in [0.4, 0.5) is 0 Å². The van der Waals surface area contributed by atoms with Gasteiger partial charge in [0.05, 0.1) is 6.10 Å². The summed E-state index contributed by atoms with van der Waals surface area (Å²) < 4.78 is 0. The van der Waals surface area contributed by atoms with Crippen molar-refractivity contribution < 1.29 is 5.11 Å². The molecular weight excluding hydrogens is 194 g/mol. The van der Waals surface area contributed by atoms with Gasteiger partial charge in [0, 0.05) is 17.0 Å². The van der Waals surface area contributed by atoms with Crippen LogP contribution in [0.1, 0.15) is 34.6 Å². The Kier molecular flexibility index (Phi) is 7.69.